The highest BCUT2D eigenvalue weighted by Crippen LogP contribution is 2.31. The first-order chi connectivity index (χ1) is 15.0. The molecule has 1 aliphatic carbocycles. The molecule has 0 spiro atoms. The van der Waals surface area contributed by atoms with Gasteiger partial charge in [-0.3, -0.25) is 4.79 Å². The number of hydrogen-bond donors (Lipinski definition) is 3. The summed E-state index contributed by atoms with van der Waals surface area (Å²) < 4.78 is 0. The minimum absolute atomic E-state index is 0.229. The molecule has 1 unspecified atom stereocenters. The zero-order valence-corrected chi connectivity index (χ0v) is 17.5. The Bertz CT molecular complexity index is 1090. The summed E-state index contributed by atoms with van der Waals surface area (Å²) in [4.78, 5) is 23.2. The number of hydrogen-bond acceptors (Lipinski definition) is 2. The third-order valence-electron chi connectivity index (χ3n) is 5.79. The molecule has 1 aliphatic rings. The van der Waals surface area contributed by atoms with Gasteiger partial charge in [-0.1, -0.05) is 48.0 Å². The van der Waals surface area contributed by atoms with Gasteiger partial charge in [-0.25, -0.2) is 4.79 Å². The average Bonchev–Trinajstić information content (AvgIpc) is 2.75. The Hall–Kier alpha value is -3.60. The topological polar surface area (TPSA) is 78.4 Å². The summed E-state index contributed by atoms with van der Waals surface area (Å²) >= 11 is 0. The van der Waals surface area contributed by atoms with Crippen LogP contribution in [0.5, 0.6) is 0 Å². The molecule has 0 radical (unpaired) electrons. The summed E-state index contributed by atoms with van der Waals surface area (Å²) in [5.74, 6) is -0.487. The molecule has 0 fully saturated rings. The van der Waals surface area contributed by atoms with Crippen molar-refractivity contribution in [2.75, 3.05) is 10.6 Å². The van der Waals surface area contributed by atoms with Gasteiger partial charge < -0.3 is 15.7 Å². The van der Waals surface area contributed by atoms with Gasteiger partial charge in [0, 0.05) is 17.8 Å². The Morgan fingerprint density at radius 2 is 1.48 bits per heavy atom. The Labute approximate surface area is 182 Å². The van der Waals surface area contributed by atoms with E-state index in [2.05, 4.69) is 28.8 Å². The van der Waals surface area contributed by atoms with Gasteiger partial charge in [0.2, 0.25) is 0 Å². The van der Waals surface area contributed by atoms with Crippen molar-refractivity contribution in [2.24, 2.45) is 5.92 Å². The van der Waals surface area contributed by atoms with E-state index in [1.54, 1.807) is 0 Å². The minimum atomic E-state index is -0.716. The molecule has 0 bridgehead atoms. The van der Waals surface area contributed by atoms with Crippen LogP contribution >= 0.6 is 0 Å². The number of carbonyl (C=O) groups excluding carboxylic acids is 1. The molecule has 4 rings (SSSR count). The number of urea groups is 1. The number of aryl methyl sites for hydroxylation is 2. The fourth-order valence-corrected chi connectivity index (χ4v) is 4.11. The third-order valence-corrected chi connectivity index (χ3v) is 5.79. The zero-order chi connectivity index (χ0) is 21.8. The van der Waals surface area contributed by atoms with Crippen LogP contribution in [-0.2, 0) is 17.6 Å². The van der Waals surface area contributed by atoms with E-state index >= 15 is 0 Å². The molecule has 1 atom stereocenters. The Morgan fingerprint density at radius 3 is 2.13 bits per heavy atom. The highest BCUT2D eigenvalue weighted by atomic mass is 16.4. The number of rotatable bonds is 5. The predicted molar refractivity (Wildman–Crippen MR) is 123 cm³/mol. The predicted octanol–water partition coefficient (Wildman–Crippen LogP) is 5.89. The molecule has 0 heterocycles. The van der Waals surface area contributed by atoms with Crippen LogP contribution in [0, 0.1) is 12.8 Å². The second kappa shape index (κ2) is 9.04. The summed E-state index contributed by atoms with van der Waals surface area (Å²) in [5.41, 5.74) is 7.39. The Kier molecular flexibility index (Phi) is 6.03. The van der Waals surface area contributed by atoms with Crippen LogP contribution in [0.2, 0.25) is 0 Å². The lowest BCUT2D eigenvalue weighted by atomic mass is 9.81. The largest absolute Gasteiger partial charge is 0.481 e. The van der Waals surface area contributed by atoms with Gasteiger partial charge in [-0.15, -0.1) is 0 Å². The molecule has 3 N–H and O–H groups in total. The molecule has 0 aromatic heterocycles. The van der Waals surface area contributed by atoms with E-state index in [-0.39, 0.29) is 18.4 Å². The van der Waals surface area contributed by atoms with Crippen LogP contribution < -0.4 is 10.6 Å². The number of benzene rings is 3. The molecule has 0 saturated heterocycles. The molecule has 0 aliphatic heterocycles. The number of nitrogens with one attached hydrogen (secondary N) is 2. The summed E-state index contributed by atoms with van der Waals surface area (Å²) in [7, 11) is 0. The van der Waals surface area contributed by atoms with Crippen molar-refractivity contribution in [1.29, 1.82) is 0 Å². The molecule has 3 aromatic carbocycles. The van der Waals surface area contributed by atoms with E-state index in [4.69, 9.17) is 5.11 Å². The Balaban J connectivity index is 1.39. The molecule has 5 heteroatoms. The number of aliphatic carboxylic acids is 1. The second-order valence-corrected chi connectivity index (χ2v) is 8.21. The number of fused-ring (bicyclic) bond motifs is 1. The number of anilines is 2. The standard InChI is InChI=1S/C26H26N2O3/c1-17-2-10-23(11-3-17)27-26(31)28-24-12-8-19(9-13-24)21-7-6-20-14-18(15-25(29)30)4-5-22(20)16-21/h2-3,6-13,16,18H,4-5,14-15H2,1H3,(H,29,30)(H2,27,28,31). The van der Waals surface area contributed by atoms with E-state index in [1.807, 2.05) is 55.5 Å². The highest BCUT2D eigenvalue weighted by molar-refractivity contribution is 5.99. The maximum absolute atomic E-state index is 12.2. The van der Waals surface area contributed by atoms with E-state index < -0.39 is 5.97 Å². The van der Waals surface area contributed by atoms with Crippen LogP contribution in [0.25, 0.3) is 11.1 Å². The first-order valence-corrected chi connectivity index (χ1v) is 10.5. The van der Waals surface area contributed by atoms with Crippen LogP contribution in [0.15, 0.2) is 66.7 Å². The second-order valence-electron chi connectivity index (χ2n) is 8.21. The SMILES string of the molecule is Cc1ccc(NC(=O)Nc2ccc(-c3ccc4c(c3)CCC(CC(=O)O)C4)cc2)cc1. The number of amides is 2. The molecule has 31 heavy (non-hydrogen) atoms. The van der Waals surface area contributed by atoms with Crippen molar-refractivity contribution in [2.45, 2.75) is 32.6 Å². The summed E-state index contributed by atoms with van der Waals surface area (Å²) in [5, 5.41) is 14.7. The van der Waals surface area contributed by atoms with Gasteiger partial charge >= 0.3 is 12.0 Å². The Morgan fingerprint density at radius 1 is 0.871 bits per heavy atom. The molecular formula is C26H26N2O3. The van der Waals surface area contributed by atoms with Gasteiger partial charge in [-0.05, 0) is 78.6 Å². The molecule has 158 valence electrons. The van der Waals surface area contributed by atoms with Crippen molar-refractivity contribution < 1.29 is 14.7 Å². The molecule has 3 aromatic rings. The maximum atomic E-state index is 12.2. The van der Waals surface area contributed by atoms with Gasteiger partial charge in [0.25, 0.3) is 0 Å². The minimum Gasteiger partial charge on any atom is -0.481 e. The fraction of sp³-hybridized carbons (Fsp3) is 0.231. The van der Waals surface area contributed by atoms with Crippen molar-refractivity contribution in [3.63, 3.8) is 0 Å². The van der Waals surface area contributed by atoms with Crippen molar-refractivity contribution >= 4 is 23.4 Å². The van der Waals surface area contributed by atoms with Gasteiger partial charge in [-0.2, -0.15) is 0 Å². The van der Waals surface area contributed by atoms with Crippen LogP contribution in [0.3, 0.4) is 0 Å². The highest BCUT2D eigenvalue weighted by Gasteiger charge is 2.21. The van der Waals surface area contributed by atoms with Crippen LogP contribution in [0.4, 0.5) is 16.2 Å². The number of carboxylic acids is 1. The first kappa shape index (κ1) is 20.7. The van der Waals surface area contributed by atoms with E-state index in [0.29, 0.717) is 0 Å². The van der Waals surface area contributed by atoms with Gasteiger partial charge in [0.15, 0.2) is 0 Å². The third kappa shape index (κ3) is 5.31. The van der Waals surface area contributed by atoms with E-state index in [9.17, 15) is 9.59 Å². The van der Waals surface area contributed by atoms with E-state index in [1.165, 1.54) is 11.1 Å². The smallest absolute Gasteiger partial charge is 0.323 e. The first-order valence-electron chi connectivity index (χ1n) is 10.5. The monoisotopic (exact) mass is 414 g/mol. The average molecular weight is 415 g/mol. The molecule has 2 amide bonds. The van der Waals surface area contributed by atoms with Gasteiger partial charge in [0.1, 0.15) is 0 Å². The van der Waals surface area contributed by atoms with Crippen LogP contribution in [0.1, 0.15) is 29.5 Å². The molecule has 0 saturated carbocycles. The summed E-state index contributed by atoms with van der Waals surface area (Å²) in [6.07, 6.45) is 2.91. The lowest BCUT2D eigenvalue weighted by Gasteiger charge is -2.24. The summed E-state index contributed by atoms with van der Waals surface area (Å²) in [6.45, 7) is 2.00. The normalized spacial score (nSPS) is 15.1. The van der Waals surface area contributed by atoms with Crippen LogP contribution in [-0.4, -0.2) is 17.1 Å². The quantitative estimate of drug-likeness (QED) is 0.487. The molecular weight excluding hydrogens is 388 g/mol. The zero-order valence-electron chi connectivity index (χ0n) is 17.5. The molecule has 5 nitrogen and oxygen atoms in total. The lowest BCUT2D eigenvalue weighted by Crippen LogP contribution is -2.19. The van der Waals surface area contributed by atoms with Crippen molar-refractivity contribution in [3.8, 4) is 11.1 Å². The number of carboxylic acid groups (broad SMARTS) is 1. The van der Waals surface area contributed by atoms with Gasteiger partial charge in [0.05, 0.1) is 0 Å². The lowest BCUT2D eigenvalue weighted by molar-refractivity contribution is -0.138. The van der Waals surface area contributed by atoms with Crippen molar-refractivity contribution in [1.82, 2.24) is 0 Å². The van der Waals surface area contributed by atoms with E-state index in [0.717, 1.165) is 47.3 Å². The summed E-state index contributed by atoms with van der Waals surface area (Å²) in [6, 6.07) is 21.6. The number of carbonyl (C=O) groups is 2. The van der Waals surface area contributed by atoms with Crippen molar-refractivity contribution in [3.05, 3.63) is 83.4 Å². The fourth-order valence-electron chi connectivity index (χ4n) is 4.11. The maximum Gasteiger partial charge on any atom is 0.323 e.